The molecular formula is C18H21FN2O5. The second-order valence-electron chi connectivity index (χ2n) is 5.68. The molecule has 0 fully saturated rings. The van der Waals surface area contributed by atoms with Crippen LogP contribution in [-0.2, 0) is 0 Å². The zero-order valence-corrected chi connectivity index (χ0v) is 14.0. The number of benzene rings is 2. The van der Waals surface area contributed by atoms with E-state index in [-0.39, 0.29) is 37.6 Å². The minimum absolute atomic E-state index is 0.0672. The molecule has 0 radical (unpaired) electrons. The number of nitro groups is 1. The number of nitrogens with zero attached hydrogens (tertiary/aromatic N) is 1. The Morgan fingerprint density at radius 2 is 1.88 bits per heavy atom. The lowest BCUT2D eigenvalue weighted by Gasteiger charge is -2.21. The van der Waals surface area contributed by atoms with Crippen LogP contribution in [0.3, 0.4) is 0 Å². The van der Waals surface area contributed by atoms with Crippen LogP contribution in [0.1, 0.15) is 18.0 Å². The van der Waals surface area contributed by atoms with Gasteiger partial charge in [-0.15, -0.1) is 0 Å². The molecule has 2 unspecified atom stereocenters. The standard InChI is InChI=1S/C18H21FN2O5/c19-15-6-2-1-5-14(15)16(9-10-22)20-11-13(23)12-26-18-8-4-3-7-17(18)21(24)25/h1-8,13,16,20,22-23H,9-12H2. The van der Waals surface area contributed by atoms with Gasteiger partial charge in [-0.1, -0.05) is 30.3 Å². The summed E-state index contributed by atoms with van der Waals surface area (Å²) >= 11 is 0. The predicted molar refractivity (Wildman–Crippen MR) is 93.4 cm³/mol. The number of rotatable bonds is 10. The summed E-state index contributed by atoms with van der Waals surface area (Å²) in [7, 11) is 0. The first-order valence-corrected chi connectivity index (χ1v) is 8.16. The summed E-state index contributed by atoms with van der Waals surface area (Å²) < 4.78 is 19.2. The van der Waals surface area contributed by atoms with Crippen LogP contribution in [0.15, 0.2) is 48.5 Å². The predicted octanol–water partition coefficient (Wildman–Crippen LogP) is 2.19. The van der Waals surface area contributed by atoms with Crippen LogP contribution in [0.2, 0.25) is 0 Å². The average Bonchev–Trinajstić information content (AvgIpc) is 2.64. The Morgan fingerprint density at radius 1 is 1.19 bits per heavy atom. The molecule has 0 aromatic heterocycles. The number of ether oxygens (including phenoxy) is 1. The minimum atomic E-state index is -0.970. The third-order valence-corrected chi connectivity index (χ3v) is 3.79. The molecular weight excluding hydrogens is 343 g/mol. The summed E-state index contributed by atoms with van der Waals surface area (Å²) in [4.78, 5) is 10.4. The van der Waals surface area contributed by atoms with Crippen molar-refractivity contribution in [1.82, 2.24) is 5.32 Å². The zero-order valence-electron chi connectivity index (χ0n) is 14.0. The highest BCUT2D eigenvalue weighted by atomic mass is 19.1. The van der Waals surface area contributed by atoms with E-state index >= 15 is 0 Å². The summed E-state index contributed by atoms with van der Waals surface area (Å²) in [6, 6.07) is 11.6. The van der Waals surface area contributed by atoms with E-state index in [0.717, 1.165) is 0 Å². The van der Waals surface area contributed by atoms with Crippen LogP contribution in [-0.4, -0.2) is 41.0 Å². The first-order chi connectivity index (χ1) is 12.5. The summed E-state index contributed by atoms with van der Waals surface area (Å²) in [5, 5.41) is 33.2. The monoisotopic (exact) mass is 364 g/mol. The normalized spacial score (nSPS) is 13.2. The van der Waals surface area contributed by atoms with E-state index in [0.29, 0.717) is 5.56 Å². The maximum atomic E-state index is 13.9. The fraction of sp³-hybridized carbons (Fsp3) is 0.333. The fourth-order valence-corrected chi connectivity index (χ4v) is 2.51. The van der Waals surface area contributed by atoms with Gasteiger partial charge in [0.15, 0.2) is 5.75 Å². The van der Waals surface area contributed by atoms with Gasteiger partial charge in [-0.2, -0.15) is 0 Å². The lowest BCUT2D eigenvalue weighted by atomic mass is 10.0. The van der Waals surface area contributed by atoms with Crippen LogP contribution >= 0.6 is 0 Å². The molecule has 3 N–H and O–H groups in total. The average molecular weight is 364 g/mol. The summed E-state index contributed by atoms with van der Waals surface area (Å²) in [6.07, 6.45) is -0.693. The number of nitro benzene ring substituents is 1. The van der Waals surface area contributed by atoms with Gasteiger partial charge in [-0.05, 0) is 18.6 Å². The molecule has 7 nitrogen and oxygen atoms in total. The Balaban J connectivity index is 1.92. The van der Waals surface area contributed by atoms with Crippen molar-refractivity contribution >= 4 is 5.69 Å². The summed E-state index contributed by atoms with van der Waals surface area (Å²) in [5.74, 6) is -0.332. The van der Waals surface area contributed by atoms with E-state index in [1.807, 2.05) is 0 Å². The molecule has 26 heavy (non-hydrogen) atoms. The Bertz CT molecular complexity index is 728. The van der Waals surface area contributed by atoms with Gasteiger partial charge in [0, 0.05) is 30.8 Å². The molecule has 2 atom stereocenters. The van der Waals surface area contributed by atoms with Crippen molar-refractivity contribution in [3.8, 4) is 5.75 Å². The van der Waals surface area contributed by atoms with Crippen molar-refractivity contribution in [2.24, 2.45) is 0 Å². The molecule has 8 heteroatoms. The van der Waals surface area contributed by atoms with Gasteiger partial charge in [0.25, 0.3) is 0 Å². The van der Waals surface area contributed by atoms with Crippen LogP contribution in [0.5, 0.6) is 5.75 Å². The third kappa shape index (κ3) is 5.48. The van der Waals surface area contributed by atoms with Gasteiger partial charge in [0.05, 0.1) is 4.92 Å². The number of para-hydroxylation sites is 2. The molecule has 0 saturated carbocycles. The zero-order chi connectivity index (χ0) is 18.9. The van der Waals surface area contributed by atoms with Gasteiger partial charge < -0.3 is 20.3 Å². The van der Waals surface area contributed by atoms with Crippen molar-refractivity contribution in [2.45, 2.75) is 18.6 Å². The van der Waals surface area contributed by atoms with E-state index < -0.39 is 22.9 Å². The molecule has 0 aliphatic carbocycles. The molecule has 0 aliphatic rings. The number of aliphatic hydroxyl groups is 2. The third-order valence-electron chi connectivity index (χ3n) is 3.79. The fourth-order valence-electron chi connectivity index (χ4n) is 2.51. The molecule has 0 spiro atoms. The molecule has 2 aromatic rings. The minimum Gasteiger partial charge on any atom is -0.484 e. The largest absolute Gasteiger partial charge is 0.484 e. The highest BCUT2D eigenvalue weighted by molar-refractivity contribution is 5.45. The van der Waals surface area contributed by atoms with Gasteiger partial charge in [0.2, 0.25) is 0 Å². The topological polar surface area (TPSA) is 105 Å². The van der Waals surface area contributed by atoms with Gasteiger partial charge in [-0.3, -0.25) is 10.1 Å². The molecule has 2 rings (SSSR count). The Hall–Kier alpha value is -2.55. The smallest absolute Gasteiger partial charge is 0.310 e. The van der Waals surface area contributed by atoms with Crippen molar-refractivity contribution in [1.29, 1.82) is 0 Å². The second kappa shape index (κ2) is 9.81. The Labute approximate surface area is 150 Å². The van der Waals surface area contributed by atoms with E-state index in [1.54, 1.807) is 24.3 Å². The lowest BCUT2D eigenvalue weighted by molar-refractivity contribution is -0.385. The lowest BCUT2D eigenvalue weighted by Crippen LogP contribution is -2.34. The highest BCUT2D eigenvalue weighted by Gasteiger charge is 2.18. The Kier molecular flexibility index (Phi) is 7.46. The van der Waals surface area contributed by atoms with E-state index in [4.69, 9.17) is 4.74 Å². The van der Waals surface area contributed by atoms with Crippen LogP contribution in [0.4, 0.5) is 10.1 Å². The van der Waals surface area contributed by atoms with Gasteiger partial charge in [-0.25, -0.2) is 4.39 Å². The number of hydrogen-bond donors (Lipinski definition) is 3. The van der Waals surface area contributed by atoms with E-state index in [2.05, 4.69) is 5.32 Å². The first kappa shape index (κ1) is 19.8. The van der Waals surface area contributed by atoms with E-state index in [9.17, 15) is 24.7 Å². The van der Waals surface area contributed by atoms with Crippen LogP contribution < -0.4 is 10.1 Å². The Morgan fingerprint density at radius 3 is 2.58 bits per heavy atom. The van der Waals surface area contributed by atoms with Crippen LogP contribution in [0, 0.1) is 15.9 Å². The maximum Gasteiger partial charge on any atom is 0.310 e. The van der Waals surface area contributed by atoms with Gasteiger partial charge in [0.1, 0.15) is 18.5 Å². The maximum absolute atomic E-state index is 13.9. The van der Waals surface area contributed by atoms with Gasteiger partial charge >= 0.3 is 5.69 Å². The first-order valence-electron chi connectivity index (χ1n) is 8.16. The van der Waals surface area contributed by atoms with Crippen molar-refractivity contribution < 1.29 is 24.3 Å². The summed E-state index contributed by atoms with van der Waals surface area (Å²) in [5.41, 5.74) is 0.213. The molecule has 0 amide bonds. The number of halogens is 1. The molecule has 0 saturated heterocycles. The molecule has 0 bridgehead atoms. The second-order valence-corrected chi connectivity index (χ2v) is 5.68. The summed E-state index contributed by atoms with van der Waals surface area (Å²) in [6.45, 7) is -0.241. The quantitative estimate of drug-likeness (QED) is 0.441. The molecule has 140 valence electrons. The number of aliphatic hydroxyl groups excluding tert-OH is 2. The van der Waals surface area contributed by atoms with E-state index in [1.165, 1.54) is 24.3 Å². The van der Waals surface area contributed by atoms with Crippen molar-refractivity contribution in [3.63, 3.8) is 0 Å². The molecule has 0 aliphatic heterocycles. The molecule has 0 heterocycles. The SMILES string of the molecule is O=[N+]([O-])c1ccccc1OCC(O)CNC(CCO)c1ccccc1F. The number of nitrogens with one attached hydrogen (secondary N) is 1. The molecule has 2 aromatic carbocycles. The van der Waals surface area contributed by atoms with Crippen molar-refractivity contribution in [2.75, 3.05) is 19.8 Å². The number of hydrogen-bond acceptors (Lipinski definition) is 6. The van der Waals surface area contributed by atoms with Crippen LogP contribution in [0.25, 0.3) is 0 Å². The highest BCUT2D eigenvalue weighted by Crippen LogP contribution is 2.26. The van der Waals surface area contributed by atoms with Crippen molar-refractivity contribution in [3.05, 3.63) is 70.0 Å².